The zero-order valence-corrected chi connectivity index (χ0v) is 14.4. The van der Waals surface area contributed by atoms with Crippen LogP contribution in [-0.4, -0.2) is 22.4 Å². The quantitative estimate of drug-likeness (QED) is 0.548. The summed E-state index contributed by atoms with van der Waals surface area (Å²) in [6.45, 7) is 4.27. The number of aliphatic hydroxyl groups excluding tert-OH is 2. The molecule has 0 radical (unpaired) electrons. The molecule has 2 nitrogen and oxygen atoms in total. The first kappa shape index (κ1) is 19.2. The monoisotopic (exact) mass is 306 g/mol. The van der Waals surface area contributed by atoms with Gasteiger partial charge >= 0.3 is 0 Å². The molecule has 0 amide bonds. The maximum absolute atomic E-state index is 10.2. The van der Waals surface area contributed by atoms with Crippen molar-refractivity contribution < 1.29 is 10.2 Å². The molecule has 1 rings (SSSR count). The molecule has 0 heterocycles. The van der Waals surface area contributed by atoms with Gasteiger partial charge in [-0.05, 0) is 37.2 Å². The molecule has 0 aromatic heterocycles. The van der Waals surface area contributed by atoms with Crippen LogP contribution in [0.3, 0.4) is 0 Å². The van der Waals surface area contributed by atoms with Gasteiger partial charge in [0, 0.05) is 0 Å². The Morgan fingerprint density at radius 2 is 1.55 bits per heavy atom. The lowest BCUT2D eigenvalue weighted by atomic mass is 9.91. The van der Waals surface area contributed by atoms with Crippen LogP contribution in [0.4, 0.5) is 0 Å². The van der Waals surface area contributed by atoms with Crippen LogP contribution in [0.25, 0.3) is 0 Å². The summed E-state index contributed by atoms with van der Waals surface area (Å²) in [5.74, 6) is 0.195. The van der Waals surface area contributed by atoms with Crippen LogP contribution >= 0.6 is 0 Å². The molecule has 3 unspecified atom stereocenters. The molecule has 2 heteroatoms. The molecule has 0 saturated carbocycles. The van der Waals surface area contributed by atoms with E-state index in [1.165, 1.54) is 24.8 Å². The number of aryl methyl sites for hydroxylation is 1. The van der Waals surface area contributed by atoms with E-state index in [4.69, 9.17) is 0 Å². The van der Waals surface area contributed by atoms with Gasteiger partial charge in [-0.25, -0.2) is 0 Å². The lowest BCUT2D eigenvalue weighted by Gasteiger charge is -2.24. The van der Waals surface area contributed by atoms with Gasteiger partial charge in [-0.2, -0.15) is 0 Å². The first-order valence-corrected chi connectivity index (χ1v) is 9.05. The van der Waals surface area contributed by atoms with Crippen molar-refractivity contribution in [2.24, 2.45) is 5.92 Å². The molecule has 0 saturated heterocycles. The predicted molar refractivity (Wildman–Crippen MR) is 93.9 cm³/mol. The van der Waals surface area contributed by atoms with Crippen LogP contribution in [0.5, 0.6) is 0 Å². The molecule has 2 N–H and O–H groups in total. The second kappa shape index (κ2) is 11.7. The summed E-state index contributed by atoms with van der Waals surface area (Å²) in [5, 5.41) is 20.3. The normalized spacial score (nSPS) is 15.5. The van der Waals surface area contributed by atoms with Gasteiger partial charge in [0.2, 0.25) is 0 Å². The molecular formula is C20H34O2. The Hall–Kier alpha value is -0.860. The topological polar surface area (TPSA) is 40.5 Å². The van der Waals surface area contributed by atoms with Crippen LogP contribution in [0.2, 0.25) is 0 Å². The molecule has 0 fully saturated rings. The van der Waals surface area contributed by atoms with Crippen molar-refractivity contribution in [3.63, 3.8) is 0 Å². The summed E-state index contributed by atoms with van der Waals surface area (Å²) in [5.41, 5.74) is 1.35. The fourth-order valence-corrected chi connectivity index (χ4v) is 2.94. The second-order valence-electron chi connectivity index (χ2n) is 6.62. The van der Waals surface area contributed by atoms with E-state index in [0.717, 1.165) is 32.1 Å². The van der Waals surface area contributed by atoms with Crippen molar-refractivity contribution >= 4 is 0 Å². The lowest BCUT2D eigenvalue weighted by molar-refractivity contribution is -0.0201. The highest BCUT2D eigenvalue weighted by Gasteiger charge is 2.21. The third kappa shape index (κ3) is 7.95. The number of benzene rings is 1. The van der Waals surface area contributed by atoms with Crippen LogP contribution in [-0.2, 0) is 6.42 Å². The zero-order valence-electron chi connectivity index (χ0n) is 14.4. The Balaban J connectivity index is 2.13. The minimum atomic E-state index is -0.572. The van der Waals surface area contributed by atoms with Crippen LogP contribution in [0.1, 0.15) is 70.8 Å². The zero-order chi connectivity index (χ0) is 16.2. The van der Waals surface area contributed by atoms with E-state index in [0.29, 0.717) is 6.42 Å². The van der Waals surface area contributed by atoms with E-state index >= 15 is 0 Å². The average Bonchev–Trinajstić information content (AvgIpc) is 2.55. The van der Waals surface area contributed by atoms with E-state index < -0.39 is 12.2 Å². The van der Waals surface area contributed by atoms with Crippen molar-refractivity contribution in [3.05, 3.63) is 35.9 Å². The molecule has 0 spiro atoms. The molecule has 0 aliphatic heterocycles. The van der Waals surface area contributed by atoms with Crippen molar-refractivity contribution in [1.29, 1.82) is 0 Å². The van der Waals surface area contributed by atoms with Gasteiger partial charge in [0.05, 0.1) is 12.2 Å². The summed E-state index contributed by atoms with van der Waals surface area (Å²) in [6, 6.07) is 10.4. The Kier molecular flexibility index (Phi) is 10.2. The highest BCUT2D eigenvalue weighted by molar-refractivity contribution is 5.14. The summed E-state index contributed by atoms with van der Waals surface area (Å²) in [4.78, 5) is 0. The van der Waals surface area contributed by atoms with Crippen LogP contribution < -0.4 is 0 Å². The van der Waals surface area contributed by atoms with E-state index in [1.807, 2.05) is 6.07 Å². The number of unbranched alkanes of at least 4 members (excludes halogenated alkanes) is 4. The van der Waals surface area contributed by atoms with Gasteiger partial charge in [-0.15, -0.1) is 0 Å². The minimum Gasteiger partial charge on any atom is -0.390 e. The standard InChI is InChI=1S/C20H34O2/c1-3-4-5-7-12-17(2)20(22)19(21)16-11-10-15-18-13-8-6-9-14-18/h6,8-9,13-14,17,19-22H,3-5,7,10-12,15-16H2,1-2H3. The van der Waals surface area contributed by atoms with Crippen LogP contribution in [0.15, 0.2) is 30.3 Å². The lowest BCUT2D eigenvalue weighted by Crippen LogP contribution is -2.32. The molecule has 0 aliphatic rings. The fraction of sp³-hybridized carbons (Fsp3) is 0.700. The molecular weight excluding hydrogens is 272 g/mol. The Morgan fingerprint density at radius 3 is 2.23 bits per heavy atom. The number of aliphatic hydroxyl groups is 2. The van der Waals surface area contributed by atoms with Crippen molar-refractivity contribution in [3.8, 4) is 0 Å². The van der Waals surface area contributed by atoms with Crippen molar-refractivity contribution in [2.45, 2.75) is 83.8 Å². The van der Waals surface area contributed by atoms with E-state index in [9.17, 15) is 10.2 Å². The number of rotatable bonds is 12. The Bertz CT molecular complexity index is 363. The second-order valence-corrected chi connectivity index (χ2v) is 6.62. The van der Waals surface area contributed by atoms with E-state index in [2.05, 4.69) is 38.1 Å². The summed E-state index contributed by atoms with van der Waals surface area (Å²) in [7, 11) is 0. The minimum absolute atomic E-state index is 0.195. The third-order valence-corrected chi connectivity index (χ3v) is 4.55. The summed E-state index contributed by atoms with van der Waals surface area (Å²) >= 11 is 0. The van der Waals surface area contributed by atoms with Crippen molar-refractivity contribution in [2.75, 3.05) is 0 Å². The Labute approximate surface area is 136 Å². The van der Waals surface area contributed by atoms with E-state index in [1.54, 1.807) is 0 Å². The highest BCUT2D eigenvalue weighted by Crippen LogP contribution is 2.19. The predicted octanol–water partition coefficient (Wildman–Crippen LogP) is 4.73. The van der Waals surface area contributed by atoms with Gasteiger partial charge in [-0.1, -0.05) is 76.3 Å². The first-order chi connectivity index (χ1) is 10.6. The number of hydrogen-bond acceptors (Lipinski definition) is 2. The van der Waals surface area contributed by atoms with Crippen molar-refractivity contribution in [1.82, 2.24) is 0 Å². The average molecular weight is 306 g/mol. The maximum atomic E-state index is 10.2. The smallest absolute Gasteiger partial charge is 0.0824 e. The third-order valence-electron chi connectivity index (χ3n) is 4.55. The molecule has 0 aliphatic carbocycles. The molecule has 1 aromatic carbocycles. The highest BCUT2D eigenvalue weighted by atomic mass is 16.3. The van der Waals surface area contributed by atoms with Gasteiger partial charge in [-0.3, -0.25) is 0 Å². The molecule has 22 heavy (non-hydrogen) atoms. The molecule has 126 valence electrons. The molecule has 3 atom stereocenters. The molecule has 1 aromatic rings. The molecule has 0 bridgehead atoms. The van der Waals surface area contributed by atoms with E-state index in [-0.39, 0.29) is 5.92 Å². The first-order valence-electron chi connectivity index (χ1n) is 9.05. The maximum Gasteiger partial charge on any atom is 0.0824 e. The number of hydrogen-bond donors (Lipinski definition) is 2. The largest absolute Gasteiger partial charge is 0.390 e. The summed E-state index contributed by atoms with van der Waals surface area (Å²) in [6.07, 6.45) is 8.56. The van der Waals surface area contributed by atoms with Crippen LogP contribution in [0, 0.1) is 5.92 Å². The van der Waals surface area contributed by atoms with Gasteiger partial charge in [0.15, 0.2) is 0 Å². The van der Waals surface area contributed by atoms with Gasteiger partial charge in [0.25, 0.3) is 0 Å². The van der Waals surface area contributed by atoms with Gasteiger partial charge in [0.1, 0.15) is 0 Å². The van der Waals surface area contributed by atoms with Gasteiger partial charge < -0.3 is 10.2 Å². The Morgan fingerprint density at radius 1 is 0.864 bits per heavy atom. The fourth-order valence-electron chi connectivity index (χ4n) is 2.94. The summed E-state index contributed by atoms with van der Waals surface area (Å²) < 4.78 is 0. The SMILES string of the molecule is CCCCCCC(C)C(O)C(O)CCCCc1ccccc1.